The number of carboxylic acids is 1. The van der Waals surface area contributed by atoms with Gasteiger partial charge in [0.1, 0.15) is 5.82 Å². The molecular weight excluding hydrogens is 237 g/mol. The molecule has 4 nitrogen and oxygen atoms in total. The Hall–Kier alpha value is -1.91. The average molecular weight is 253 g/mol. The molecule has 0 bridgehead atoms. The number of carbonyl (C=O) groups is 2. The second kappa shape index (κ2) is 6.74. The normalized spacial score (nSPS) is 11.9. The summed E-state index contributed by atoms with van der Waals surface area (Å²) in [7, 11) is 0. The average Bonchev–Trinajstić information content (AvgIpc) is 2.25. The van der Waals surface area contributed by atoms with Crippen LogP contribution in [0.2, 0.25) is 0 Å². The lowest BCUT2D eigenvalue weighted by atomic mass is 10.1. The van der Waals surface area contributed by atoms with Gasteiger partial charge in [0, 0.05) is 13.0 Å². The Kier molecular flexibility index (Phi) is 5.30. The molecule has 2 N–H and O–H groups in total. The maximum atomic E-state index is 12.9. The third kappa shape index (κ3) is 5.43. The molecule has 1 aromatic carbocycles. The molecule has 1 atom stereocenters. The molecule has 1 amide bonds. The predicted molar refractivity (Wildman–Crippen MR) is 64.5 cm³/mol. The van der Waals surface area contributed by atoms with E-state index in [0.717, 1.165) is 0 Å². The number of rotatable bonds is 6. The summed E-state index contributed by atoms with van der Waals surface area (Å²) in [6, 6.07) is 5.84. The van der Waals surface area contributed by atoms with Gasteiger partial charge in [-0.3, -0.25) is 9.59 Å². The first-order valence-electron chi connectivity index (χ1n) is 5.70. The maximum absolute atomic E-state index is 12.9. The molecule has 0 aromatic heterocycles. The maximum Gasteiger partial charge on any atom is 0.303 e. The Balaban J connectivity index is 2.36. The number of benzene rings is 1. The number of carboxylic acid groups (broad SMARTS) is 1. The Morgan fingerprint density at radius 2 is 2.17 bits per heavy atom. The highest BCUT2D eigenvalue weighted by atomic mass is 19.1. The van der Waals surface area contributed by atoms with Crippen LogP contribution in [0.5, 0.6) is 0 Å². The number of amides is 1. The van der Waals surface area contributed by atoms with Crippen molar-refractivity contribution in [3.05, 3.63) is 35.6 Å². The van der Waals surface area contributed by atoms with E-state index in [4.69, 9.17) is 5.11 Å². The van der Waals surface area contributed by atoms with Crippen molar-refractivity contribution in [2.24, 2.45) is 5.92 Å². The summed E-state index contributed by atoms with van der Waals surface area (Å²) >= 11 is 0. The second-order valence-electron chi connectivity index (χ2n) is 4.31. The van der Waals surface area contributed by atoms with Crippen LogP contribution in [0.3, 0.4) is 0 Å². The van der Waals surface area contributed by atoms with E-state index < -0.39 is 5.97 Å². The molecule has 0 saturated heterocycles. The van der Waals surface area contributed by atoms with Crippen molar-refractivity contribution in [3.8, 4) is 0 Å². The molecule has 0 aliphatic rings. The van der Waals surface area contributed by atoms with Gasteiger partial charge in [0.15, 0.2) is 0 Å². The quantitative estimate of drug-likeness (QED) is 0.809. The lowest BCUT2D eigenvalue weighted by Crippen LogP contribution is -2.30. The number of hydrogen-bond donors (Lipinski definition) is 2. The van der Waals surface area contributed by atoms with Gasteiger partial charge in [-0.25, -0.2) is 4.39 Å². The van der Waals surface area contributed by atoms with E-state index in [0.29, 0.717) is 12.1 Å². The van der Waals surface area contributed by atoms with Crippen LogP contribution in [-0.4, -0.2) is 23.5 Å². The summed E-state index contributed by atoms with van der Waals surface area (Å²) in [5.74, 6) is -1.63. The van der Waals surface area contributed by atoms with Crippen LogP contribution in [-0.2, 0) is 16.0 Å². The molecule has 0 spiro atoms. The lowest BCUT2D eigenvalue weighted by Gasteiger charge is -2.10. The summed E-state index contributed by atoms with van der Waals surface area (Å²) in [6.45, 7) is 2.05. The molecule has 1 aromatic rings. The second-order valence-corrected chi connectivity index (χ2v) is 4.31. The van der Waals surface area contributed by atoms with E-state index >= 15 is 0 Å². The number of carbonyl (C=O) groups excluding carboxylic acids is 1. The lowest BCUT2D eigenvalue weighted by molar-refractivity contribution is -0.138. The van der Waals surface area contributed by atoms with Crippen molar-refractivity contribution in [1.82, 2.24) is 5.32 Å². The first-order valence-corrected chi connectivity index (χ1v) is 5.70. The van der Waals surface area contributed by atoms with E-state index in [9.17, 15) is 14.0 Å². The van der Waals surface area contributed by atoms with E-state index in [2.05, 4.69) is 5.32 Å². The first-order chi connectivity index (χ1) is 8.47. The largest absolute Gasteiger partial charge is 0.481 e. The molecule has 0 heterocycles. The Morgan fingerprint density at radius 1 is 1.44 bits per heavy atom. The third-order valence-electron chi connectivity index (χ3n) is 2.42. The zero-order valence-electron chi connectivity index (χ0n) is 10.1. The molecule has 0 aliphatic carbocycles. The Morgan fingerprint density at radius 3 is 2.78 bits per heavy atom. The van der Waals surface area contributed by atoms with Gasteiger partial charge < -0.3 is 10.4 Å². The summed E-state index contributed by atoms with van der Waals surface area (Å²) in [5, 5.41) is 11.2. The first kappa shape index (κ1) is 14.2. The minimum atomic E-state index is -0.887. The van der Waals surface area contributed by atoms with Gasteiger partial charge in [0.05, 0.1) is 6.42 Å². The topological polar surface area (TPSA) is 66.4 Å². The molecular formula is C13H16FNO3. The highest BCUT2D eigenvalue weighted by Gasteiger charge is 2.09. The molecule has 0 radical (unpaired) electrons. The number of halogens is 1. The van der Waals surface area contributed by atoms with Crippen LogP contribution in [0.15, 0.2) is 24.3 Å². The van der Waals surface area contributed by atoms with Gasteiger partial charge >= 0.3 is 5.97 Å². The van der Waals surface area contributed by atoms with Gasteiger partial charge in [0.2, 0.25) is 5.91 Å². The van der Waals surface area contributed by atoms with E-state index in [-0.39, 0.29) is 30.5 Å². The van der Waals surface area contributed by atoms with E-state index in [1.54, 1.807) is 19.1 Å². The van der Waals surface area contributed by atoms with Crippen LogP contribution in [0.1, 0.15) is 18.9 Å². The van der Waals surface area contributed by atoms with Gasteiger partial charge in [-0.15, -0.1) is 0 Å². The van der Waals surface area contributed by atoms with Crippen molar-refractivity contribution >= 4 is 11.9 Å². The molecule has 0 aliphatic heterocycles. The number of nitrogens with one attached hydrogen (secondary N) is 1. The van der Waals surface area contributed by atoms with E-state index in [1.165, 1.54) is 12.1 Å². The molecule has 0 fully saturated rings. The fourth-order valence-electron chi connectivity index (χ4n) is 1.55. The highest BCUT2D eigenvalue weighted by Crippen LogP contribution is 2.04. The summed E-state index contributed by atoms with van der Waals surface area (Å²) in [6.07, 6.45) is 0.109. The number of aliphatic carboxylic acids is 1. The Labute approximate surface area is 105 Å². The van der Waals surface area contributed by atoms with Gasteiger partial charge in [-0.05, 0) is 23.6 Å². The third-order valence-corrected chi connectivity index (χ3v) is 2.42. The van der Waals surface area contributed by atoms with Crippen LogP contribution < -0.4 is 5.32 Å². The molecule has 1 rings (SSSR count). The van der Waals surface area contributed by atoms with Gasteiger partial charge in [-0.1, -0.05) is 19.1 Å². The van der Waals surface area contributed by atoms with Crippen molar-refractivity contribution in [2.75, 3.05) is 6.54 Å². The standard InChI is InChI=1S/C13H16FNO3/c1-9(5-13(17)18)8-15-12(16)7-10-3-2-4-11(14)6-10/h2-4,6,9H,5,7-8H2,1H3,(H,15,16)(H,17,18). The van der Waals surface area contributed by atoms with Crippen molar-refractivity contribution in [2.45, 2.75) is 19.8 Å². The Bertz CT molecular complexity index is 434. The zero-order chi connectivity index (χ0) is 13.5. The monoisotopic (exact) mass is 253 g/mol. The summed E-state index contributed by atoms with van der Waals surface area (Å²) < 4.78 is 12.9. The van der Waals surface area contributed by atoms with E-state index in [1.807, 2.05) is 0 Å². The number of hydrogen-bond acceptors (Lipinski definition) is 2. The molecule has 0 saturated carbocycles. The predicted octanol–water partition coefficient (Wildman–Crippen LogP) is 1.60. The highest BCUT2D eigenvalue weighted by molar-refractivity contribution is 5.78. The summed E-state index contributed by atoms with van der Waals surface area (Å²) in [5.41, 5.74) is 0.596. The minimum absolute atomic E-state index is 0.0141. The van der Waals surface area contributed by atoms with Crippen LogP contribution >= 0.6 is 0 Å². The minimum Gasteiger partial charge on any atom is -0.481 e. The summed E-state index contributed by atoms with van der Waals surface area (Å²) in [4.78, 5) is 22.0. The molecule has 1 unspecified atom stereocenters. The SMILES string of the molecule is CC(CNC(=O)Cc1cccc(F)c1)CC(=O)O. The van der Waals surface area contributed by atoms with Crippen molar-refractivity contribution in [1.29, 1.82) is 0 Å². The van der Waals surface area contributed by atoms with Crippen molar-refractivity contribution in [3.63, 3.8) is 0 Å². The van der Waals surface area contributed by atoms with Gasteiger partial charge in [-0.2, -0.15) is 0 Å². The van der Waals surface area contributed by atoms with Crippen LogP contribution in [0, 0.1) is 11.7 Å². The van der Waals surface area contributed by atoms with Crippen molar-refractivity contribution < 1.29 is 19.1 Å². The molecule has 18 heavy (non-hydrogen) atoms. The van der Waals surface area contributed by atoms with Crippen LogP contribution in [0.25, 0.3) is 0 Å². The fraction of sp³-hybridized carbons (Fsp3) is 0.385. The van der Waals surface area contributed by atoms with Gasteiger partial charge in [0.25, 0.3) is 0 Å². The zero-order valence-corrected chi connectivity index (χ0v) is 10.1. The molecule has 5 heteroatoms. The fourth-order valence-corrected chi connectivity index (χ4v) is 1.55. The van der Waals surface area contributed by atoms with Crippen LogP contribution in [0.4, 0.5) is 4.39 Å². The molecule has 98 valence electrons. The smallest absolute Gasteiger partial charge is 0.303 e.